The van der Waals surface area contributed by atoms with Gasteiger partial charge in [0.1, 0.15) is 0 Å². The Balaban J connectivity index is 2.43. The van der Waals surface area contributed by atoms with Crippen molar-refractivity contribution < 1.29 is 14.4 Å². The second kappa shape index (κ2) is 9.23. The molecular weight excluding hydrogens is 286 g/mol. The Kier molecular flexibility index (Phi) is 8.01. The number of unbranched alkanes of at least 4 members (excludes halogenated alkanes) is 2. The fourth-order valence-electron chi connectivity index (χ4n) is 2.79. The summed E-state index contributed by atoms with van der Waals surface area (Å²) in [5.74, 6) is -0.0275. The molecule has 0 aromatic rings. The van der Waals surface area contributed by atoms with Crippen LogP contribution in [0.2, 0.25) is 0 Å². The summed E-state index contributed by atoms with van der Waals surface area (Å²) < 4.78 is 0. The molecule has 0 aromatic carbocycles. The standard InChI is InChI=1S/C16H27NO3S/c1-4-5-6-7-15(11(2)18)17-16(20)13-8-9-14(10-13)21-12(3)19/h13-15H,4-10H2,1-3H3,(H,17,20)/t13?,14?,15-/m0/s1. The first-order chi connectivity index (χ1) is 9.93. The summed E-state index contributed by atoms with van der Waals surface area (Å²) in [4.78, 5) is 35.0. The van der Waals surface area contributed by atoms with Crippen molar-refractivity contribution in [3.63, 3.8) is 0 Å². The fraction of sp³-hybridized carbons (Fsp3) is 0.812. The van der Waals surface area contributed by atoms with Gasteiger partial charge in [-0.3, -0.25) is 14.4 Å². The number of Topliss-reactive ketones (excluding diaryl/α,β-unsaturated/α-hetero) is 1. The molecule has 0 aliphatic heterocycles. The summed E-state index contributed by atoms with van der Waals surface area (Å²) in [5, 5.41) is 3.28. The summed E-state index contributed by atoms with van der Waals surface area (Å²) >= 11 is 1.34. The van der Waals surface area contributed by atoms with E-state index in [9.17, 15) is 14.4 Å². The maximum absolute atomic E-state index is 12.3. The molecule has 5 heteroatoms. The van der Waals surface area contributed by atoms with Crippen LogP contribution >= 0.6 is 11.8 Å². The second-order valence-electron chi connectivity index (χ2n) is 5.91. The number of hydrogen-bond donors (Lipinski definition) is 1. The van der Waals surface area contributed by atoms with E-state index in [4.69, 9.17) is 0 Å². The largest absolute Gasteiger partial charge is 0.346 e. The molecule has 21 heavy (non-hydrogen) atoms. The molecule has 0 heterocycles. The molecule has 0 radical (unpaired) electrons. The molecule has 1 saturated carbocycles. The summed E-state index contributed by atoms with van der Waals surface area (Å²) in [6.07, 6.45) is 6.35. The summed E-state index contributed by atoms with van der Waals surface area (Å²) in [6.45, 7) is 5.23. The van der Waals surface area contributed by atoms with E-state index >= 15 is 0 Å². The lowest BCUT2D eigenvalue weighted by Gasteiger charge is -2.18. The van der Waals surface area contributed by atoms with Crippen LogP contribution in [-0.2, 0) is 14.4 Å². The Morgan fingerprint density at radius 1 is 1.19 bits per heavy atom. The molecule has 0 bridgehead atoms. The van der Waals surface area contributed by atoms with Crippen LogP contribution in [0.3, 0.4) is 0 Å². The van der Waals surface area contributed by atoms with E-state index < -0.39 is 0 Å². The summed E-state index contributed by atoms with van der Waals surface area (Å²) in [7, 11) is 0. The van der Waals surface area contributed by atoms with Gasteiger partial charge in [0, 0.05) is 18.1 Å². The van der Waals surface area contributed by atoms with Gasteiger partial charge >= 0.3 is 0 Å². The van der Waals surface area contributed by atoms with E-state index in [1.807, 2.05) is 0 Å². The Bertz CT molecular complexity index is 384. The number of thioether (sulfide) groups is 1. The van der Waals surface area contributed by atoms with Crippen molar-refractivity contribution in [1.82, 2.24) is 5.32 Å². The topological polar surface area (TPSA) is 63.2 Å². The molecule has 4 nitrogen and oxygen atoms in total. The average molecular weight is 313 g/mol. The monoisotopic (exact) mass is 313 g/mol. The van der Waals surface area contributed by atoms with E-state index in [1.54, 1.807) is 13.8 Å². The van der Waals surface area contributed by atoms with Gasteiger partial charge in [-0.05, 0) is 32.6 Å². The molecule has 0 saturated heterocycles. The van der Waals surface area contributed by atoms with Crippen LogP contribution < -0.4 is 5.32 Å². The van der Waals surface area contributed by atoms with Crippen LogP contribution in [0.25, 0.3) is 0 Å². The highest BCUT2D eigenvalue weighted by molar-refractivity contribution is 8.14. The third-order valence-corrected chi connectivity index (χ3v) is 5.08. The lowest BCUT2D eigenvalue weighted by molar-refractivity contribution is -0.129. The van der Waals surface area contributed by atoms with Gasteiger partial charge in [-0.25, -0.2) is 0 Å². The number of hydrogen-bond acceptors (Lipinski definition) is 4. The van der Waals surface area contributed by atoms with Gasteiger partial charge < -0.3 is 5.32 Å². The minimum atomic E-state index is -0.344. The quantitative estimate of drug-likeness (QED) is 0.699. The second-order valence-corrected chi connectivity index (χ2v) is 7.39. The van der Waals surface area contributed by atoms with Crippen LogP contribution in [0, 0.1) is 5.92 Å². The minimum Gasteiger partial charge on any atom is -0.346 e. The van der Waals surface area contributed by atoms with Gasteiger partial charge in [-0.1, -0.05) is 37.9 Å². The molecule has 0 aromatic heterocycles. The normalized spacial score (nSPS) is 22.8. The van der Waals surface area contributed by atoms with E-state index in [0.717, 1.165) is 44.9 Å². The van der Waals surface area contributed by atoms with Crippen molar-refractivity contribution >= 4 is 28.6 Å². The Labute approximate surface area is 131 Å². The van der Waals surface area contributed by atoms with Gasteiger partial charge in [-0.2, -0.15) is 0 Å². The lowest BCUT2D eigenvalue weighted by atomic mass is 10.0. The smallest absolute Gasteiger partial charge is 0.223 e. The highest BCUT2D eigenvalue weighted by Gasteiger charge is 2.32. The van der Waals surface area contributed by atoms with Crippen molar-refractivity contribution in [3.05, 3.63) is 0 Å². The van der Waals surface area contributed by atoms with Crippen molar-refractivity contribution in [2.75, 3.05) is 0 Å². The SMILES string of the molecule is CCCCC[C@H](NC(=O)C1CCC(SC(C)=O)C1)C(C)=O. The molecule has 1 aliphatic carbocycles. The van der Waals surface area contributed by atoms with Gasteiger partial charge in [0.25, 0.3) is 0 Å². The van der Waals surface area contributed by atoms with Crippen LogP contribution in [-0.4, -0.2) is 28.1 Å². The maximum atomic E-state index is 12.3. The van der Waals surface area contributed by atoms with Crippen LogP contribution in [0.5, 0.6) is 0 Å². The molecule has 1 N–H and O–H groups in total. The molecule has 1 fully saturated rings. The third kappa shape index (κ3) is 6.64. The number of rotatable bonds is 8. The molecular formula is C16H27NO3S. The van der Waals surface area contributed by atoms with Crippen LogP contribution in [0.1, 0.15) is 65.7 Å². The fourth-order valence-corrected chi connectivity index (χ4v) is 3.84. The molecule has 2 unspecified atom stereocenters. The van der Waals surface area contributed by atoms with Crippen molar-refractivity contribution in [3.8, 4) is 0 Å². The summed E-state index contributed by atoms with van der Waals surface area (Å²) in [5.41, 5.74) is 0. The van der Waals surface area contributed by atoms with E-state index in [2.05, 4.69) is 12.2 Å². The van der Waals surface area contributed by atoms with Gasteiger partial charge in [0.2, 0.25) is 5.91 Å². The zero-order valence-corrected chi connectivity index (χ0v) is 14.1. The molecule has 0 spiro atoms. The van der Waals surface area contributed by atoms with Crippen molar-refractivity contribution in [1.29, 1.82) is 0 Å². The Morgan fingerprint density at radius 3 is 2.48 bits per heavy atom. The number of nitrogens with one attached hydrogen (secondary N) is 1. The number of ketones is 1. The van der Waals surface area contributed by atoms with Crippen molar-refractivity contribution in [2.24, 2.45) is 5.92 Å². The predicted molar refractivity (Wildman–Crippen MR) is 86.2 cm³/mol. The zero-order chi connectivity index (χ0) is 15.8. The van der Waals surface area contributed by atoms with Crippen LogP contribution in [0.15, 0.2) is 0 Å². The van der Waals surface area contributed by atoms with E-state index in [-0.39, 0.29) is 34.0 Å². The molecule has 120 valence electrons. The lowest BCUT2D eigenvalue weighted by Crippen LogP contribution is -2.42. The minimum absolute atomic E-state index is 0.0154. The third-order valence-electron chi connectivity index (χ3n) is 3.99. The number of amides is 1. The molecule has 3 atom stereocenters. The van der Waals surface area contributed by atoms with Gasteiger partial charge in [-0.15, -0.1) is 0 Å². The van der Waals surface area contributed by atoms with E-state index in [0.29, 0.717) is 0 Å². The first-order valence-electron chi connectivity index (χ1n) is 7.92. The molecule has 1 rings (SSSR count). The average Bonchev–Trinajstić information content (AvgIpc) is 2.85. The Morgan fingerprint density at radius 2 is 1.90 bits per heavy atom. The Hall–Kier alpha value is -0.840. The highest BCUT2D eigenvalue weighted by Crippen LogP contribution is 2.34. The zero-order valence-electron chi connectivity index (χ0n) is 13.3. The van der Waals surface area contributed by atoms with Gasteiger partial charge in [0.05, 0.1) is 6.04 Å². The maximum Gasteiger partial charge on any atom is 0.223 e. The first kappa shape index (κ1) is 18.2. The van der Waals surface area contributed by atoms with E-state index in [1.165, 1.54) is 11.8 Å². The predicted octanol–water partition coefficient (Wildman–Crippen LogP) is 3.09. The molecule has 1 aliphatic rings. The van der Waals surface area contributed by atoms with Crippen molar-refractivity contribution in [2.45, 2.75) is 77.0 Å². The van der Waals surface area contributed by atoms with Gasteiger partial charge in [0.15, 0.2) is 10.9 Å². The first-order valence-corrected chi connectivity index (χ1v) is 8.80. The van der Waals surface area contributed by atoms with Crippen LogP contribution in [0.4, 0.5) is 0 Å². The molecule has 1 amide bonds. The highest BCUT2D eigenvalue weighted by atomic mass is 32.2. The number of carbonyl (C=O) groups excluding carboxylic acids is 3. The summed E-state index contributed by atoms with van der Waals surface area (Å²) in [6, 6.07) is -0.344. The number of carbonyl (C=O) groups is 3.